The van der Waals surface area contributed by atoms with E-state index in [1.54, 1.807) is 24.3 Å². The first kappa shape index (κ1) is 18.7. The van der Waals surface area contributed by atoms with Crippen molar-refractivity contribution in [1.29, 1.82) is 0 Å². The molecule has 0 spiro atoms. The van der Waals surface area contributed by atoms with Crippen LogP contribution in [-0.4, -0.2) is 39.8 Å². The molecule has 0 radical (unpaired) electrons. The topological polar surface area (TPSA) is 75.7 Å². The van der Waals surface area contributed by atoms with Crippen LogP contribution in [0.2, 0.25) is 0 Å². The van der Waals surface area contributed by atoms with Crippen LogP contribution in [0.3, 0.4) is 0 Å². The van der Waals surface area contributed by atoms with Gasteiger partial charge in [0, 0.05) is 31.4 Å². The first-order valence-corrected chi connectivity index (χ1v) is 10.1. The summed E-state index contributed by atoms with van der Waals surface area (Å²) in [5.41, 5.74) is 1.29. The van der Waals surface area contributed by atoms with Crippen LogP contribution in [0.4, 0.5) is 11.4 Å². The first-order chi connectivity index (χ1) is 11.3. The van der Waals surface area contributed by atoms with Crippen LogP contribution in [0.5, 0.6) is 0 Å². The van der Waals surface area contributed by atoms with E-state index in [0.29, 0.717) is 49.8 Å². The molecule has 7 heteroatoms. The predicted octanol–water partition coefficient (Wildman–Crippen LogP) is 2.62. The van der Waals surface area contributed by atoms with Crippen molar-refractivity contribution in [3.05, 3.63) is 24.3 Å². The normalized spacial score (nSPS) is 16.2. The van der Waals surface area contributed by atoms with Gasteiger partial charge in [0.05, 0.1) is 11.9 Å². The number of carbonyl (C=O) groups is 1. The lowest BCUT2D eigenvalue weighted by Gasteiger charge is -2.34. The second-order valence-corrected chi connectivity index (χ2v) is 8.45. The summed E-state index contributed by atoms with van der Waals surface area (Å²) >= 11 is 0. The smallest absolute Gasteiger partial charge is 0.232 e. The van der Waals surface area contributed by atoms with Gasteiger partial charge in [0.2, 0.25) is 15.9 Å². The van der Waals surface area contributed by atoms with Gasteiger partial charge < -0.3 is 10.1 Å². The third-order valence-corrected chi connectivity index (χ3v) is 5.10. The van der Waals surface area contributed by atoms with Crippen LogP contribution in [0.15, 0.2) is 24.3 Å². The maximum atomic E-state index is 12.2. The van der Waals surface area contributed by atoms with Crippen molar-refractivity contribution >= 4 is 27.3 Å². The Hall–Kier alpha value is -1.60. The van der Waals surface area contributed by atoms with Crippen molar-refractivity contribution in [3.63, 3.8) is 0 Å². The minimum atomic E-state index is -3.38. The molecule has 0 unspecified atom stereocenters. The molecule has 0 aromatic heterocycles. The van der Waals surface area contributed by atoms with Gasteiger partial charge >= 0.3 is 0 Å². The van der Waals surface area contributed by atoms with Crippen molar-refractivity contribution in [2.75, 3.05) is 29.1 Å². The van der Waals surface area contributed by atoms with Gasteiger partial charge in [-0.1, -0.05) is 13.8 Å². The second kappa shape index (κ2) is 7.98. The molecule has 0 bridgehead atoms. The molecular formula is C17H26N2O4S. The number of sulfonamides is 1. The zero-order valence-electron chi connectivity index (χ0n) is 14.5. The van der Waals surface area contributed by atoms with Gasteiger partial charge in [-0.25, -0.2) is 8.42 Å². The Morgan fingerprint density at radius 1 is 1.25 bits per heavy atom. The fourth-order valence-corrected chi connectivity index (χ4v) is 4.12. The fraction of sp³-hybridized carbons (Fsp3) is 0.588. The maximum absolute atomic E-state index is 12.2. The number of ether oxygens (including phenoxy) is 1. The Bertz CT molecular complexity index is 650. The number of hydrogen-bond donors (Lipinski definition) is 1. The van der Waals surface area contributed by atoms with Crippen LogP contribution in [-0.2, 0) is 19.6 Å². The molecule has 1 aromatic carbocycles. The van der Waals surface area contributed by atoms with Gasteiger partial charge in [-0.15, -0.1) is 0 Å². The number of nitrogens with one attached hydrogen (secondary N) is 1. The van der Waals surface area contributed by atoms with Gasteiger partial charge in [0.15, 0.2) is 0 Å². The third kappa shape index (κ3) is 5.21. The summed E-state index contributed by atoms with van der Waals surface area (Å²) in [6.45, 7) is 5.11. The van der Waals surface area contributed by atoms with Crippen LogP contribution in [0.25, 0.3) is 0 Å². The molecule has 1 aliphatic heterocycles. The average Bonchev–Trinajstić information content (AvgIpc) is 2.48. The Kier molecular flexibility index (Phi) is 6.23. The molecular weight excluding hydrogens is 328 g/mol. The highest BCUT2D eigenvalue weighted by Gasteiger charge is 2.28. The maximum Gasteiger partial charge on any atom is 0.232 e. The Labute approximate surface area is 144 Å². The molecule has 1 N–H and O–H groups in total. The number of anilines is 2. The molecule has 0 atom stereocenters. The largest absolute Gasteiger partial charge is 0.381 e. The van der Waals surface area contributed by atoms with E-state index in [0.717, 1.165) is 0 Å². The quantitative estimate of drug-likeness (QED) is 0.852. The monoisotopic (exact) mass is 354 g/mol. The van der Waals surface area contributed by atoms with E-state index < -0.39 is 10.0 Å². The highest BCUT2D eigenvalue weighted by Crippen LogP contribution is 2.27. The summed E-state index contributed by atoms with van der Waals surface area (Å²) < 4.78 is 31.3. The fourth-order valence-electron chi connectivity index (χ4n) is 2.87. The van der Waals surface area contributed by atoms with Crippen LogP contribution < -0.4 is 9.62 Å². The predicted molar refractivity (Wildman–Crippen MR) is 95.7 cm³/mol. The van der Waals surface area contributed by atoms with Crippen LogP contribution >= 0.6 is 0 Å². The molecule has 1 aromatic rings. The Morgan fingerprint density at radius 2 is 1.83 bits per heavy atom. The van der Waals surface area contributed by atoms with Gasteiger partial charge in [0.25, 0.3) is 0 Å². The minimum absolute atomic E-state index is 0.0397. The minimum Gasteiger partial charge on any atom is -0.381 e. The van der Waals surface area contributed by atoms with E-state index in [1.165, 1.54) is 10.6 Å². The summed E-state index contributed by atoms with van der Waals surface area (Å²) in [5, 5.41) is 2.83. The molecule has 0 saturated carbocycles. The molecule has 6 nitrogen and oxygen atoms in total. The van der Waals surface area contributed by atoms with Crippen LogP contribution in [0.1, 0.15) is 33.1 Å². The molecule has 1 aliphatic rings. The zero-order valence-corrected chi connectivity index (χ0v) is 15.3. The number of carbonyl (C=O) groups excluding carboxylic acids is 1. The second-order valence-electron chi connectivity index (χ2n) is 6.60. The van der Waals surface area contributed by atoms with E-state index in [-0.39, 0.29) is 11.9 Å². The average molecular weight is 354 g/mol. The van der Waals surface area contributed by atoms with Gasteiger partial charge in [0.1, 0.15) is 0 Å². The van der Waals surface area contributed by atoms with Crippen molar-refractivity contribution < 1.29 is 17.9 Å². The molecule has 1 amide bonds. The molecule has 0 aliphatic carbocycles. The van der Waals surface area contributed by atoms with E-state index >= 15 is 0 Å². The lowest BCUT2D eigenvalue weighted by Crippen LogP contribution is -2.43. The van der Waals surface area contributed by atoms with Crippen LogP contribution in [0, 0.1) is 5.92 Å². The summed E-state index contributed by atoms with van der Waals surface area (Å²) in [4.78, 5) is 11.8. The van der Waals surface area contributed by atoms with Crippen molar-refractivity contribution in [1.82, 2.24) is 0 Å². The number of amides is 1. The first-order valence-electron chi connectivity index (χ1n) is 8.24. The molecule has 1 heterocycles. The zero-order chi connectivity index (χ0) is 17.7. The number of hydrogen-bond acceptors (Lipinski definition) is 4. The Balaban J connectivity index is 2.15. The van der Waals surface area contributed by atoms with Gasteiger partial charge in [-0.05, 0) is 43.0 Å². The number of benzene rings is 1. The third-order valence-electron chi connectivity index (χ3n) is 3.88. The summed E-state index contributed by atoms with van der Waals surface area (Å²) in [6.07, 6.45) is 3.04. The van der Waals surface area contributed by atoms with E-state index in [9.17, 15) is 13.2 Å². The highest BCUT2D eigenvalue weighted by atomic mass is 32.2. The number of nitrogens with zero attached hydrogens (tertiary/aromatic N) is 1. The van der Waals surface area contributed by atoms with Crippen molar-refractivity contribution in [2.24, 2.45) is 5.92 Å². The van der Waals surface area contributed by atoms with E-state index in [1.807, 2.05) is 13.8 Å². The summed E-state index contributed by atoms with van der Waals surface area (Å²) in [7, 11) is -3.38. The molecule has 2 rings (SSSR count). The molecule has 134 valence electrons. The highest BCUT2D eigenvalue weighted by molar-refractivity contribution is 7.92. The van der Waals surface area contributed by atoms with E-state index in [4.69, 9.17) is 4.74 Å². The summed E-state index contributed by atoms with van der Waals surface area (Å²) in [6, 6.07) is 6.87. The molecule has 24 heavy (non-hydrogen) atoms. The SMILES string of the molecule is CC(C)CC(=O)Nc1ccc(N(C2CCOCC2)S(C)(=O)=O)cc1. The van der Waals surface area contributed by atoms with Crippen molar-refractivity contribution in [2.45, 2.75) is 39.2 Å². The van der Waals surface area contributed by atoms with Gasteiger partial charge in [-0.3, -0.25) is 9.10 Å². The Morgan fingerprint density at radius 3 is 2.33 bits per heavy atom. The summed E-state index contributed by atoms with van der Waals surface area (Å²) in [5.74, 6) is 0.251. The number of rotatable bonds is 6. The molecule has 1 saturated heterocycles. The van der Waals surface area contributed by atoms with Gasteiger partial charge in [-0.2, -0.15) is 0 Å². The van der Waals surface area contributed by atoms with E-state index in [2.05, 4.69) is 5.32 Å². The standard InChI is InChI=1S/C17H26N2O4S/c1-13(2)12-17(20)18-14-4-6-15(7-5-14)19(24(3,21)22)16-8-10-23-11-9-16/h4-7,13,16H,8-12H2,1-3H3,(H,18,20). The van der Waals surface area contributed by atoms with Crippen molar-refractivity contribution in [3.8, 4) is 0 Å². The molecule has 1 fully saturated rings. The lowest BCUT2D eigenvalue weighted by molar-refractivity contribution is -0.116. The lowest BCUT2D eigenvalue weighted by atomic mass is 10.1.